The first-order valence-electron chi connectivity index (χ1n) is 5.97. The lowest BCUT2D eigenvalue weighted by Gasteiger charge is -2.06. The molecule has 0 saturated heterocycles. The van der Waals surface area contributed by atoms with Gasteiger partial charge in [0.25, 0.3) is 0 Å². The monoisotopic (exact) mass is 393 g/mol. The van der Waals surface area contributed by atoms with E-state index in [1.807, 2.05) is 24.3 Å². The molecule has 108 valence electrons. The van der Waals surface area contributed by atoms with Crippen LogP contribution in [0.3, 0.4) is 0 Å². The van der Waals surface area contributed by atoms with Crippen LogP contribution in [0.2, 0.25) is 5.02 Å². The number of hydrogen-bond acceptors (Lipinski definition) is 3. The second-order valence-corrected chi connectivity index (χ2v) is 9.02. The molecule has 0 aliphatic carbocycles. The van der Waals surface area contributed by atoms with Crippen LogP contribution in [0, 0.1) is 0 Å². The average molecular weight is 395 g/mol. The zero-order chi connectivity index (χ0) is 14.6. The zero-order valence-corrected chi connectivity index (χ0v) is 14.4. The summed E-state index contributed by atoms with van der Waals surface area (Å²) in [7, 11) is -3.40. The van der Waals surface area contributed by atoms with Crippen molar-refractivity contribution in [3.8, 4) is 0 Å². The van der Waals surface area contributed by atoms with Gasteiger partial charge in [-0.25, -0.2) is 13.1 Å². The second-order valence-electron chi connectivity index (χ2n) is 4.15. The van der Waals surface area contributed by atoms with Crippen LogP contribution in [0.4, 0.5) is 0 Å². The largest absolute Gasteiger partial charge is 0.250 e. The van der Waals surface area contributed by atoms with Crippen LogP contribution in [-0.4, -0.2) is 15.0 Å². The van der Waals surface area contributed by atoms with Crippen molar-refractivity contribution in [1.29, 1.82) is 0 Å². The van der Waals surface area contributed by atoms with Crippen LogP contribution in [0.15, 0.2) is 44.4 Å². The van der Waals surface area contributed by atoms with Gasteiger partial charge in [0.1, 0.15) is 4.21 Å². The summed E-state index contributed by atoms with van der Waals surface area (Å²) in [5, 5.41) is 0.720. The minimum atomic E-state index is -3.40. The third-order valence-electron chi connectivity index (χ3n) is 2.69. The minimum Gasteiger partial charge on any atom is -0.210 e. The Labute approximate surface area is 136 Å². The maximum atomic E-state index is 12.0. The highest BCUT2D eigenvalue weighted by Crippen LogP contribution is 2.25. The number of rotatable bonds is 6. The van der Waals surface area contributed by atoms with E-state index in [1.54, 1.807) is 12.1 Å². The smallest absolute Gasteiger partial charge is 0.210 e. The molecule has 0 aliphatic rings. The van der Waals surface area contributed by atoms with E-state index in [0.29, 0.717) is 17.2 Å². The lowest BCUT2D eigenvalue weighted by Crippen LogP contribution is -2.24. The standard InChI is InChI=1S/C13H13BrClNO2S2/c14-12-7-8-13(19-12)20(17,18)16-9-3-5-10-4-1-2-6-11(10)15/h1-2,4,6-8,16H,3,5,9H2. The number of thiophene rings is 1. The molecular weight excluding hydrogens is 382 g/mol. The molecule has 0 fully saturated rings. The fraction of sp³-hybridized carbons (Fsp3) is 0.231. The molecule has 0 atom stereocenters. The van der Waals surface area contributed by atoms with Crippen LogP contribution in [0.1, 0.15) is 12.0 Å². The summed E-state index contributed by atoms with van der Waals surface area (Å²) in [4.78, 5) is 0. The number of halogens is 2. The van der Waals surface area contributed by atoms with Crippen molar-refractivity contribution in [2.45, 2.75) is 17.1 Å². The SMILES string of the molecule is O=S(=O)(NCCCc1ccccc1Cl)c1ccc(Br)s1. The van der Waals surface area contributed by atoms with Gasteiger partial charge in [0, 0.05) is 11.6 Å². The predicted octanol–water partition coefficient (Wildman–Crippen LogP) is 4.08. The first kappa shape index (κ1) is 16.0. The van der Waals surface area contributed by atoms with Gasteiger partial charge in [0.15, 0.2) is 0 Å². The lowest BCUT2D eigenvalue weighted by atomic mass is 10.1. The summed E-state index contributed by atoms with van der Waals surface area (Å²) in [6.45, 7) is 0.392. The second kappa shape index (κ2) is 7.04. The zero-order valence-electron chi connectivity index (χ0n) is 10.5. The molecule has 2 aromatic rings. The Balaban J connectivity index is 1.86. The van der Waals surface area contributed by atoms with E-state index in [-0.39, 0.29) is 0 Å². The highest BCUT2D eigenvalue weighted by atomic mass is 79.9. The topological polar surface area (TPSA) is 46.2 Å². The van der Waals surface area contributed by atoms with Crippen LogP contribution in [-0.2, 0) is 16.4 Å². The Morgan fingerprint density at radius 3 is 2.60 bits per heavy atom. The summed E-state index contributed by atoms with van der Waals surface area (Å²) in [6, 6.07) is 10.9. The Morgan fingerprint density at radius 2 is 1.95 bits per heavy atom. The van der Waals surface area contributed by atoms with E-state index in [9.17, 15) is 8.42 Å². The van der Waals surface area contributed by atoms with Crippen LogP contribution in [0.5, 0.6) is 0 Å². The lowest BCUT2D eigenvalue weighted by molar-refractivity contribution is 0.581. The number of benzene rings is 1. The Bertz CT molecular complexity index is 685. The molecular formula is C13H13BrClNO2S2. The number of hydrogen-bond donors (Lipinski definition) is 1. The molecule has 1 aromatic heterocycles. The molecule has 2 rings (SSSR count). The van der Waals surface area contributed by atoms with Crippen molar-refractivity contribution in [3.63, 3.8) is 0 Å². The molecule has 20 heavy (non-hydrogen) atoms. The summed E-state index contributed by atoms with van der Waals surface area (Å²) in [5.74, 6) is 0. The first-order valence-corrected chi connectivity index (χ1v) is 9.44. The minimum absolute atomic E-state index is 0.321. The Morgan fingerprint density at radius 1 is 1.20 bits per heavy atom. The van der Waals surface area contributed by atoms with Crippen molar-refractivity contribution < 1.29 is 8.42 Å². The van der Waals surface area contributed by atoms with Crippen LogP contribution in [0.25, 0.3) is 0 Å². The molecule has 0 spiro atoms. The number of sulfonamides is 1. The van der Waals surface area contributed by atoms with E-state index in [0.717, 1.165) is 20.8 Å². The van der Waals surface area contributed by atoms with Crippen molar-refractivity contribution in [2.24, 2.45) is 0 Å². The molecule has 0 saturated carbocycles. The third-order valence-corrected chi connectivity index (χ3v) is 6.63. The van der Waals surface area contributed by atoms with Gasteiger partial charge in [0.2, 0.25) is 10.0 Å². The molecule has 1 heterocycles. The summed E-state index contributed by atoms with van der Waals surface area (Å²) in [6.07, 6.45) is 1.45. The van der Waals surface area contributed by atoms with Crippen molar-refractivity contribution in [2.75, 3.05) is 6.54 Å². The van der Waals surface area contributed by atoms with Gasteiger partial charge in [-0.05, 0) is 52.5 Å². The number of aryl methyl sites for hydroxylation is 1. The van der Waals surface area contributed by atoms with Crippen molar-refractivity contribution in [3.05, 3.63) is 50.8 Å². The van der Waals surface area contributed by atoms with Crippen LogP contribution >= 0.6 is 38.9 Å². The van der Waals surface area contributed by atoms with Gasteiger partial charge in [-0.3, -0.25) is 0 Å². The van der Waals surface area contributed by atoms with E-state index in [4.69, 9.17) is 11.6 Å². The average Bonchev–Trinajstić information content (AvgIpc) is 2.84. The van der Waals surface area contributed by atoms with E-state index in [2.05, 4.69) is 20.7 Å². The highest BCUT2D eigenvalue weighted by Gasteiger charge is 2.15. The van der Waals surface area contributed by atoms with Gasteiger partial charge >= 0.3 is 0 Å². The fourth-order valence-corrected chi connectivity index (χ4v) is 5.06. The molecule has 1 aromatic carbocycles. The summed E-state index contributed by atoms with van der Waals surface area (Å²) >= 11 is 10.5. The van der Waals surface area contributed by atoms with E-state index < -0.39 is 10.0 Å². The Kier molecular flexibility index (Phi) is 5.63. The molecule has 0 radical (unpaired) electrons. The maximum Gasteiger partial charge on any atom is 0.250 e. The molecule has 0 amide bonds. The van der Waals surface area contributed by atoms with Gasteiger partial charge < -0.3 is 0 Å². The van der Waals surface area contributed by atoms with Crippen molar-refractivity contribution in [1.82, 2.24) is 4.72 Å². The molecule has 0 bridgehead atoms. The molecule has 0 unspecified atom stereocenters. The van der Waals surface area contributed by atoms with Gasteiger partial charge in [-0.15, -0.1) is 11.3 Å². The quantitative estimate of drug-likeness (QED) is 0.751. The van der Waals surface area contributed by atoms with Crippen molar-refractivity contribution >= 4 is 48.9 Å². The van der Waals surface area contributed by atoms with Crippen LogP contribution < -0.4 is 4.72 Å². The van der Waals surface area contributed by atoms with E-state index in [1.165, 1.54) is 11.3 Å². The number of nitrogens with one attached hydrogen (secondary N) is 1. The van der Waals surface area contributed by atoms with E-state index >= 15 is 0 Å². The van der Waals surface area contributed by atoms with Gasteiger partial charge in [-0.1, -0.05) is 29.8 Å². The summed E-state index contributed by atoms with van der Waals surface area (Å²) < 4.78 is 27.7. The summed E-state index contributed by atoms with van der Waals surface area (Å²) in [5.41, 5.74) is 1.03. The Hall–Kier alpha value is -0.400. The maximum absolute atomic E-state index is 12.0. The molecule has 0 aliphatic heterocycles. The van der Waals surface area contributed by atoms with Gasteiger partial charge in [0.05, 0.1) is 3.79 Å². The third kappa shape index (κ3) is 4.30. The molecule has 3 nitrogen and oxygen atoms in total. The molecule has 1 N–H and O–H groups in total. The van der Waals surface area contributed by atoms with Gasteiger partial charge in [-0.2, -0.15) is 0 Å². The fourth-order valence-electron chi connectivity index (χ4n) is 1.70. The normalized spacial score (nSPS) is 11.7. The predicted molar refractivity (Wildman–Crippen MR) is 87.0 cm³/mol. The highest BCUT2D eigenvalue weighted by molar-refractivity contribution is 9.11. The first-order chi connectivity index (χ1) is 9.49. The molecule has 7 heteroatoms.